The maximum Gasteiger partial charge on any atom is 0.109 e. The van der Waals surface area contributed by atoms with Crippen LogP contribution in [-0.4, -0.2) is 18.2 Å². The minimum absolute atomic E-state index is 0.682. The van der Waals surface area contributed by atoms with Gasteiger partial charge in [-0.25, -0.2) is 0 Å². The molecule has 0 heterocycles. The van der Waals surface area contributed by atoms with Crippen molar-refractivity contribution >= 4 is 29.8 Å². The number of aliphatic imine (C=N–C) groups is 1. The summed E-state index contributed by atoms with van der Waals surface area (Å²) in [5.41, 5.74) is 2.54. The van der Waals surface area contributed by atoms with Gasteiger partial charge in [0.05, 0.1) is 5.69 Å². The molecule has 17 heavy (non-hydrogen) atoms. The fourth-order valence-electron chi connectivity index (χ4n) is 2.15. The topological polar surface area (TPSA) is 12.4 Å². The van der Waals surface area contributed by atoms with Gasteiger partial charge >= 0.3 is 0 Å². The minimum atomic E-state index is -1.05. The first-order valence-electron chi connectivity index (χ1n) is 6.35. The highest BCUT2D eigenvalue weighted by Crippen LogP contribution is 2.35. The lowest BCUT2D eigenvalue weighted by Crippen LogP contribution is -2.22. The lowest BCUT2D eigenvalue weighted by Gasteiger charge is -2.21. The maximum atomic E-state index is 4.84. The van der Waals surface area contributed by atoms with E-state index in [9.17, 15) is 0 Å². The largest absolute Gasteiger partial charge is 0.257 e. The lowest BCUT2D eigenvalue weighted by atomic mass is 10.3. The molecule has 0 spiro atoms. The molecule has 2 rings (SSSR count). The lowest BCUT2D eigenvalue weighted by molar-refractivity contribution is 0.895. The average molecular weight is 263 g/mol. The van der Waals surface area contributed by atoms with Gasteiger partial charge in [0.25, 0.3) is 0 Å². The summed E-state index contributed by atoms with van der Waals surface area (Å²) in [6, 6.07) is 10.4. The Morgan fingerprint density at radius 3 is 2.53 bits per heavy atom. The van der Waals surface area contributed by atoms with Gasteiger partial charge in [-0.1, -0.05) is 37.8 Å². The average Bonchev–Trinajstić information content (AvgIpc) is 2.65. The second-order valence-electron chi connectivity index (χ2n) is 5.55. The summed E-state index contributed by atoms with van der Waals surface area (Å²) < 4.78 is 0. The molecule has 0 N–H and O–H groups in total. The van der Waals surface area contributed by atoms with Crippen molar-refractivity contribution in [2.24, 2.45) is 4.99 Å². The summed E-state index contributed by atoms with van der Waals surface area (Å²) >= 11 is 2.20. The van der Waals surface area contributed by atoms with E-state index in [0.717, 1.165) is 5.69 Å². The molecular formula is C14H21NSSi. The highest BCUT2D eigenvalue weighted by atomic mass is 32.4. The van der Waals surface area contributed by atoms with Crippen LogP contribution in [0, 0.1) is 0 Å². The van der Waals surface area contributed by atoms with Gasteiger partial charge in [-0.3, -0.25) is 4.99 Å². The summed E-state index contributed by atoms with van der Waals surface area (Å²) in [4.78, 5) is 4.84. The Morgan fingerprint density at radius 2 is 1.88 bits per heavy atom. The molecular weight excluding hydrogens is 242 g/mol. The van der Waals surface area contributed by atoms with Crippen molar-refractivity contribution in [1.29, 1.82) is 0 Å². The molecule has 0 amide bonds. The van der Waals surface area contributed by atoms with Gasteiger partial charge < -0.3 is 0 Å². The van der Waals surface area contributed by atoms with Crippen LogP contribution >= 0.6 is 11.2 Å². The zero-order valence-electron chi connectivity index (χ0n) is 10.9. The third-order valence-corrected chi connectivity index (χ3v) is 7.27. The molecule has 1 aromatic rings. The van der Waals surface area contributed by atoms with Crippen molar-refractivity contribution in [3.8, 4) is 0 Å². The molecule has 1 aliphatic carbocycles. The van der Waals surface area contributed by atoms with Crippen LogP contribution in [0.15, 0.2) is 35.3 Å². The second-order valence-corrected chi connectivity index (χ2v) is 15.0. The predicted molar refractivity (Wildman–Crippen MR) is 82.1 cm³/mol. The molecule has 3 heteroatoms. The summed E-state index contributed by atoms with van der Waals surface area (Å²) in [6.07, 6.45) is 3.82. The van der Waals surface area contributed by atoms with Crippen molar-refractivity contribution in [2.45, 2.75) is 44.2 Å². The van der Waals surface area contributed by atoms with Crippen molar-refractivity contribution < 1.29 is 0 Å². The van der Waals surface area contributed by atoms with E-state index in [-0.39, 0.29) is 0 Å². The van der Waals surface area contributed by atoms with Gasteiger partial charge in [-0.15, -0.1) is 0 Å². The van der Waals surface area contributed by atoms with Crippen molar-refractivity contribution in [1.82, 2.24) is 0 Å². The molecule has 0 aliphatic heterocycles. The first kappa shape index (κ1) is 12.9. The first-order chi connectivity index (χ1) is 8.04. The van der Waals surface area contributed by atoms with Crippen LogP contribution in [0.25, 0.3) is 0 Å². The Kier molecular flexibility index (Phi) is 4.10. The van der Waals surface area contributed by atoms with E-state index in [4.69, 9.17) is 4.99 Å². The third-order valence-electron chi connectivity index (χ3n) is 2.80. The zero-order valence-corrected chi connectivity index (χ0v) is 12.8. The highest BCUT2D eigenvalue weighted by molar-refractivity contribution is 8.29. The van der Waals surface area contributed by atoms with Crippen LogP contribution in [0.1, 0.15) is 19.3 Å². The quantitative estimate of drug-likeness (QED) is 0.708. The van der Waals surface area contributed by atoms with E-state index in [1.807, 2.05) is 6.07 Å². The third kappa shape index (κ3) is 4.00. The van der Waals surface area contributed by atoms with Gasteiger partial charge in [0.1, 0.15) is 7.22 Å². The Balaban J connectivity index is 2.12. The monoisotopic (exact) mass is 263 g/mol. The predicted octanol–water partition coefficient (Wildman–Crippen LogP) is 4.88. The van der Waals surface area contributed by atoms with Crippen LogP contribution < -0.4 is 0 Å². The van der Waals surface area contributed by atoms with Gasteiger partial charge in [0.2, 0.25) is 0 Å². The minimum Gasteiger partial charge on any atom is -0.257 e. The zero-order chi connectivity index (χ0) is 12.3. The summed E-state index contributed by atoms with van der Waals surface area (Å²) in [5.74, 6) is 0. The van der Waals surface area contributed by atoms with Crippen LogP contribution in [0.3, 0.4) is 0 Å². The Hall–Kier alpha value is -0.543. The molecule has 1 aromatic carbocycles. The SMILES string of the molecule is C[Si](C)(C)SC1CCCC1=Nc1ccccc1. The van der Waals surface area contributed by atoms with Crippen molar-refractivity contribution in [3.63, 3.8) is 0 Å². The molecule has 0 saturated heterocycles. The molecule has 0 bridgehead atoms. The van der Waals surface area contributed by atoms with E-state index >= 15 is 0 Å². The summed E-state index contributed by atoms with van der Waals surface area (Å²) in [7, 11) is -1.05. The molecule has 92 valence electrons. The second kappa shape index (κ2) is 5.40. The summed E-state index contributed by atoms with van der Waals surface area (Å²) in [5, 5.41) is 0.682. The Bertz CT molecular complexity index is 394. The molecule has 0 radical (unpaired) electrons. The summed E-state index contributed by atoms with van der Waals surface area (Å²) in [6.45, 7) is 7.28. The van der Waals surface area contributed by atoms with Gasteiger partial charge in [0, 0.05) is 11.0 Å². The normalized spacial score (nSPS) is 23.2. The number of para-hydroxylation sites is 1. The molecule has 1 unspecified atom stereocenters. The van der Waals surface area contributed by atoms with Crippen LogP contribution in [0.4, 0.5) is 5.69 Å². The number of hydrogen-bond acceptors (Lipinski definition) is 2. The van der Waals surface area contributed by atoms with Gasteiger partial charge in [-0.2, -0.15) is 11.2 Å². The highest BCUT2D eigenvalue weighted by Gasteiger charge is 2.28. The Labute approximate surface area is 109 Å². The van der Waals surface area contributed by atoms with E-state index in [1.165, 1.54) is 25.0 Å². The van der Waals surface area contributed by atoms with Crippen molar-refractivity contribution in [2.75, 3.05) is 0 Å². The van der Waals surface area contributed by atoms with E-state index in [2.05, 4.69) is 55.1 Å². The maximum absolute atomic E-state index is 4.84. The fourth-order valence-corrected chi connectivity index (χ4v) is 6.91. The standard InChI is InChI=1S/C14H21NSSi/c1-17(2,3)16-14-11-7-10-13(14)15-12-8-5-4-6-9-12/h4-6,8-9,14H,7,10-11H2,1-3H3. The molecule has 1 nitrogen and oxygen atoms in total. The fraction of sp³-hybridized carbons (Fsp3) is 0.500. The van der Waals surface area contributed by atoms with Gasteiger partial charge in [-0.05, 0) is 31.4 Å². The van der Waals surface area contributed by atoms with E-state index in [1.54, 1.807) is 0 Å². The van der Waals surface area contributed by atoms with E-state index < -0.39 is 7.22 Å². The van der Waals surface area contributed by atoms with Crippen LogP contribution in [0.2, 0.25) is 19.6 Å². The molecule has 1 aliphatic rings. The van der Waals surface area contributed by atoms with Gasteiger partial charge in [0.15, 0.2) is 0 Å². The molecule has 1 atom stereocenters. The smallest absolute Gasteiger partial charge is 0.109 e. The van der Waals surface area contributed by atoms with Crippen LogP contribution in [0.5, 0.6) is 0 Å². The number of hydrogen-bond donors (Lipinski definition) is 0. The van der Waals surface area contributed by atoms with E-state index in [0.29, 0.717) is 5.25 Å². The number of benzene rings is 1. The molecule has 1 saturated carbocycles. The first-order valence-corrected chi connectivity index (χ1v) is 11.5. The molecule has 0 aromatic heterocycles. The van der Waals surface area contributed by atoms with Crippen molar-refractivity contribution in [3.05, 3.63) is 30.3 Å². The number of rotatable bonds is 3. The number of nitrogens with zero attached hydrogens (tertiary/aromatic N) is 1. The Morgan fingerprint density at radius 1 is 1.18 bits per heavy atom. The molecule has 1 fully saturated rings. The van der Waals surface area contributed by atoms with Crippen LogP contribution in [-0.2, 0) is 0 Å².